The van der Waals surface area contributed by atoms with Crippen LogP contribution in [0.3, 0.4) is 0 Å². The summed E-state index contributed by atoms with van der Waals surface area (Å²) in [7, 11) is 3.11. The largest absolute Gasteiger partial charge is 0.493 e. The predicted octanol–water partition coefficient (Wildman–Crippen LogP) is 1.66. The molecule has 0 saturated carbocycles. The van der Waals surface area contributed by atoms with Crippen LogP contribution in [0.15, 0.2) is 18.2 Å². The van der Waals surface area contributed by atoms with Crippen molar-refractivity contribution in [1.82, 2.24) is 10.2 Å². The molecule has 2 aliphatic rings. The standard InChI is InChI=1S/C19H26N2O5/c1-11-5-6-12(2)21(11)19(23)18-17(20-16(22)10-26-18)13-7-8-14(24-3)15(9-13)25-4/h7-9,11-12,17-18H,5-6,10H2,1-4H3,(H,20,22)/t11-,12+,17-,18+/m1/s1. The van der Waals surface area contributed by atoms with Gasteiger partial charge in [0, 0.05) is 12.1 Å². The Labute approximate surface area is 153 Å². The first-order valence-corrected chi connectivity index (χ1v) is 8.91. The average Bonchev–Trinajstić information content (AvgIpc) is 2.98. The summed E-state index contributed by atoms with van der Waals surface area (Å²) >= 11 is 0. The molecule has 2 amide bonds. The molecule has 3 rings (SSSR count). The van der Waals surface area contributed by atoms with Crippen molar-refractivity contribution in [3.8, 4) is 11.5 Å². The van der Waals surface area contributed by atoms with Crippen LogP contribution in [0.4, 0.5) is 0 Å². The lowest BCUT2D eigenvalue weighted by atomic mass is 9.97. The molecule has 0 bridgehead atoms. The van der Waals surface area contributed by atoms with E-state index in [0.717, 1.165) is 18.4 Å². The number of methoxy groups -OCH3 is 2. The van der Waals surface area contributed by atoms with E-state index in [1.807, 2.05) is 24.8 Å². The molecule has 2 heterocycles. The smallest absolute Gasteiger partial charge is 0.254 e. The highest BCUT2D eigenvalue weighted by Crippen LogP contribution is 2.34. The van der Waals surface area contributed by atoms with Crippen molar-refractivity contribution >= 4 is 11.8 Å². The van der Waals surface area contributed by atoms with E-state index in [1.54, 1.807) is 26.4 Å². The van der Waals surface area contributed by atoms with Gasteiger partial charge in [0.1, 0.15) is 6.61 Å². The molecule has 0 spiro atoms. The number of hydrogen-bond acceptors (Lipinski definition) is 5. The maximum atomic E-state index is 13.2. The Morgan fingerprint density at radius 3 is 2.42 bits per heavy atom. The molecule has 0 aromatic heterocycles. The zero-order valence-corrected chi connectivity index (χ0v) is 15.7. The van der Waals surface area contributed by atoms with E-state index in [0.29, 0.717) is 11.5 Å². The van der Waals surface area contributed by atoms with Crippen LogP contribution in [0.25, 0.3) is 0 Å². The Morgan fingerprint density at radius 1 is 1.15 bits per heavy atom. The van der Waals surface area contributed by atoms with Crippen molar-refractivity contribution < 1.29 is 23.8 Å². The first-order chi connectivity index (χ1) is 12.5. The van der Waals surface area contributed by atoms with Gasteiger partial charge in [0.2, 0.25) is 5.91 Å². The first-order valence-electron chi connectivity index (χ1n) is 8.91. The third kappa shape index (κ3) is 3.35. The van der Waals surface area contributed by atoms with Crippen molar-refractivity contribution in [3.63, 3.8) is 0 Å². The molecule has 2 aliphatic heterocycles. The summed E-state index contributed by atoms with van der Waals surface area (Å²) in [5, 5.41) is 2.90. The predicted molar refractivity (Wildman–Crippen MR) is 95.2 cm³/mol. The van der Waals surface area contributed by atoms with Crippen LogP contribution >= 0.6 is 0 Å². The Kier molecular flexibility index (Phi) is 5.36. The number of ether oxygens (including phenoxy) is 3. The number of benzene rings is 1. The van der Waals surface area contributed by atoms with Gasteiger partial charge in [-0.3, -0.25) is 9.59 Å². The zero-order valence-electron chi connectivity index (χ0n) is 15.7. The number of hydrogen-bond donors (Lipinski definition) is 1. The van der Waals surface area contributed by atoms with Gasteiger partial charge in [-0.1, -0.05) is 6.07 Å². The number of carbonyl (C=O) groups excluding carboxylic acids is 2. The molecule has 4 atom stereocenters. The minimum absolute atomic E-state index is 0.0812. The number of nitrogens with zero attached hydrogens (tertiary/aromatic N) is 1. The van der Waals surface area contributed by atoms with Crippen molar-refractivity contribution in [3.05, 3.63) is 23.8 Å². The van der Waals surface area contributed by atoms with Gasteiger partial charge in [-0.05, 0) is 44.4 Å². The van der Waals surface area contributed by atoms with E-state index in [-0.39, 0.29) is 30.5 Å². The van der Waals surface area contributed by atoms with Crippen molar-refractivity contribution in [2.45, 2.75) is 50.9 Å². The van der Waals surface area contributed by atoms with Crippen LogP contribution in [-0.2, 0) is 14.3 Å². The zero-order chi connectivity index (χ0) is 18.8. The molecular weight excluding hydrogens is 336 g/mol. The Hall–Kier alpha value is -2.28. The van der Waals surface area contributed by atoms with Crippen molar-refractivity contribution in [1.29, 1.82) is 0 Å². The molecule has 0 unspecified atom stereocenters. The SMILES string of the molecule is COc1ccc([C@H]2NC(=O)CO[C@@H]2C(=O)N2[C@H](C)CC[C@@H]2C)cc1OC. The second kappa shape index (κ2) is 7.53. The van der Waals surface area contributed by atoms with Crippen LogP contribution in [-0.4, -0.2) is 55.7 Å². The van der Waals surface area contributed by atoms with Crippen LogP contribution in [0.5, 0.6) is 11.5 Å². The molecule has 142 valence electrons. The number of likely N-dealkylation sites (tertiary alicyclic amines) is 1. The maximum Gasteiger partial charge on any atom is 0.254 e. The van der Waals surface area contributed by atoms with E-state index in [9.17, 15) is 9.59 Å². The minimum atomic E-state index is -0.756. The molecule has 2 fully saturated rings. The summed E-state index contributed by atoms with van der Waals surface area (Å²) in [5.41, 5.74) is 0.744. The highest BCUT2D eigenvalue weighted by molar-refractivity contribution is 5.87. The van der Waals surface area contributed by atoms with Gasteiger partial charge in [-0.15, -0.1) is 0 Å². The third-order valence-corrected chi connectivity index (χ3v) is 5.23. The van der Waals surface area contributed by atoms with Gasteiger partial charge < -0.3 is 24.4 Å². The summed E-state index contributed by atoms with van der Waals surface area (Å²) in [5.74, 6) is 0.807. The van der Waals surface area contributed by atoms with E-state index in [1.165, 1.54) is 0 Å². The van der Waals surface area contributed by atoms with Gasteiger partial charge in [-0.2, -0.15) is 0 Å². The molecule has 1 aromatic carbocycles. The normalized spacial score (nSPS) is 28.6. The van der Waals surface area contributed by atoms with E-state index >= 15 is 0 Å². The number of rotatable bonds is 4. The quantitative estimate of drug-likeness (QED) is 0.881. The highest BCUT2D eigenvalue weighted by atomic mass is 16.5. The van der Waals surface area contributed by atoms with Gasteiger partial charge in [0.15, 0.2) is 17.6 Å². The van der Waals surface area contributed by atoms with Crippen LogP contribution in [0.1, 0.15) is 38.3 Å². The summed E-state index contributed by atoms with van der Waals surface area (Å²) < 4.78 is 16.3. The fourth-order valence-electron chi connectivity index (χ4n) is 3.85. The lowest BCUT2D eigenvalue weighted by molar-refractivity contribution is -0.157. The number of amides is 2. The van der Waals surface area contributed by atoms with Crippen LogP contribution in [0, 0.1) is 0 Å². The minimum Gasteiger partial charge on any atom is -0.493 e. The Bertz CT molecular complexity index is 683. The van der Waals surface area contributed by atoms with Gasteiger partial charge in [0.05, 0.1) is 20.3 Å². The third-order valence-electron chi connectivity index (χ3n) is 5.23. The Morgan fingerprint density at radius 2 is 1.81 bits per heavy atom. The molecule has 0 aliphatic carbocycles. The van der Waals surface area contributed by atoms with Gasteiger partial charge in [-0.25, -0.2) is 0 Å². The van der Waals surface area contributed by atoms with E-state index in [2.05, 4.69) is 5.32 Å². The number of nitrogens with one attached hydrogen (secondary N) is 1. The maximum absolute atomic E-state index is 13.2. The molecular formula is C19H26N2O5. The summed E-state index contributed by atoms with van der Waals surface area (Å²) in [6.45, 7) is 3.99. The number of carbonyl (C=O) groups is 2. The van der Waals surface area contributed by atoms with Crippen LogP contribution < -0.4 is 14.8 Å². The monoisotopic (exact) mass is 362 g/mol. The lowest BCUT2D eigenvalue weighted by Gasteiger charge is -2.37. The molecule has 7 heteroatoms. The summed E-state index contributed by atoms with van der Waals surface area (Å²) in [6.07, 6.45) is 1.20. The second-order valence-electron chi connectivity index (χ2n) is 6.91. The van der Waals surface area contributed by atoms with Crippen molar-refractivity contribution in [2.75, 3.05) is 20.8 Å². The summed E-state index contributed by atoms with van der Waals surface area (Å²) in [4.78, 5) is 27.0. The van der Waals surface area contributed by atoms with Gasteiger partial charge in [0.25, 0.3) is 5.91 Å². The highest BCUT2D eigenvalue weighted by Gasteiger charge is 2.42. The molecule has 7 nitrogen and oxygen atoms in total. The van der Waals surface area contributed by atoms with E-state index in [4.69, 9.17) is 14.2 Å². The molecule has 1 aromatic rings. The molecule has 1 N–H and O–H groups in total. The topological polar surface area (TPSA) is 77.1 Å². The summed E-state index contributed by atoms with van der Waals surface area (Å²) in [6, 6.07) is 5.13. The lowest BCUT2D eigenvalue weighted by Crippen LogP contribution is -2.55. The molecule has 0 radical (unpaired) electrons. The molecule has 26 heavy (non-hydrogen) atoms. The van der Waals surface area contributed by atoms with E-state index < -0.39 is 12.1 Å². The fourth-order valence-corrected chi connectivity index (χ4v) is 3.85. The van der Waals surface area contributed by atoms with Crippen molar-refractivity contribution in [2.24, 2.45) is 0 Å². The van der Waals surface area contributed by atoms with Crippen LogP contribution in [0.2, 0.25) is 0 Å². The second-order valence-corrected chi connectivity index (χ2v) is 6.91. The molecule has 2 saturated heterocycles. The first kappa shape index (κ1) is 18.5. The number of morpholine rings is 1. The average molecular weight is 362 g/mol. The Balaban J connectivity index is 1.91. The fraction of sp³-hybridized carbons (Fsp3) is 0.579. The van der Waals surface area contributed by atoms with Gasteiger partial charge >= 0.3 is 0 Å².